The number of ketones is 1. The van der Waals surface area contributed by atoms with Gasteiger partial charge in [0.25, 0.3) is 11.7 Å². The van der Waals surface area contributed by atoms with Crippen LogP contribution in [0.1, 0.15) is 24.1 Å². The molecule has 28 heavy (non-hydrogen) atoms. The number of benzene rings is 2. The molecule has 0 radical (unpaired) electrons. The van der Waals surface area contributed by atoms with Gasteiger partial charge in [-0.25, -0.2) is 4.39 Å². The van der Waals surface area contributed by atoms with Crippen molar-refractivity contribution in [2.24, 2.45) is 0 Å². The SMILES string of the molecule is CC(=O)NCCN1C(=O)C(=O)/C(=C(/O)c2ccccc2)[C@H]1c1ccc(F)cc1. The first-order valence-corrected chi connectivity index (χ1v) is 8.74. The van der Waals surface area contributed by atoms with Crippen molar-refractivity contribution in [1.29, 1.82) is 0 Å². The number of nitrogens with zero attached hydrogens (tertiary/aromatic N) is 1. The second-order valence-electron chi connectivity index (χ2n) is 6.39. The van der Waals surface area contributed by atoms with Gasteiger partial charge in [0.15, 0.2) is 0 Å². The van der Waals surface area contributed by atoms with E-state index in [9.17, 15) is 23.9 Å². The van der Waals surface area contributed by atoms with Crippen LogP contribution in [0.4, 0.5) is 4.39 Å². The summed E-state index contributed by atoms with van der Waals surface area (Å²) in [5, 5.41) is 13.3. The Morgan fingerprint density at radius 3 is 2.36 bits per heavy atom. The maximum Gasteiger partial charge on any atom is 0.295 e. The van der Waals surface area contributed by atoms with Crippen molar-refractivity contribution in [3.8, 4) is 0 Å². The fourth-order valence-electron chi connectivity index (χ4n) is 3.21. The zero-order valence-corrected chi connectivity index (χ0v) is 15.2. The van der Waals surface area contributed by atoms with Gasteiger partial charge in [0.05, 0.1) is 11.6 Å². The second-order valence-corrected chi connectivity index (χ2v) is 6.39. The standard InChI is InChI=1S/C21H19FN2O4/c1-13(25)23-11-12-24-18(14-7-9-16(22)10-8-14)17(20(27)21(24)28)19(26)15-5-3-2-4-6-15/h2-10,18,26H,11-12H2,1H3,(H,23,25)/b19-17+/t18-/m1/s1. The van der Waals surface area contributed by atoms with Crippen molar-refractivity contribution in [2.75, 3.05) is 13.1 Å². The number of hydrogen-bond donors (Lipinski definition) is 2. The zero-order chi connectivity index (χ0) is 20.3. The van der Waals surface area contributed by atoms with Gasteiger partial charge in [-0.05, 0) is 17.7 Å². The van der Waals surface area contributed by atoms with Crippen LogP contribution < -0.4 is 5.32 Å². The average Bonchev–Trinajstić information content (AvgIpc) is 2.93. The Labute approximate surface area is 161 Å². The number of amides is 2. The average molecular weight is 382 g/mol. The number of halogens is 1. The maximum atomic E-state index is 13.4. The lowest BCUT2D eigenvalue weighted by Gasteiger charge is -2.25. The molecule has 2 aromatic carbocycles. The molecular formula is C21H19FN2O4. The van der Waals surface area contributed by atoms with Gasteiger partial charge in [-0.3, -0.25) is 14.4 Å². The lowest BCUT2D eigenvalue weighted by Crippen LogP contribution is -2.37. The van der Waals surface area contributed by atoms with Gasteiger partial charge in [0.2, 0.25) is 5.91 Å². The van der Waals surface area contributed by atoms with Crippen LogP contribution in [-0.4, -0.2) is 40.7 Å². The van der Waals surface area contributed by atoms with Crippen molar-refractivity contribution in [3.63, 3.8) is 0 Å². The molecule has 1 saturated heterocycles. The number of aliphatic hydroxyl groups is 1. The Kier molecular flexibility index (Phi) is 5.54. The molecular weight excluding hydrogens is 363 g/mol. The highest BCUT2D eigenvalue weighted by atomic mass is 19.1. The number of hydrogen-bond acceptors (Lipinski definition) is 4. The van der Waals surface area contributed by atoms with Crippen molar-refractivity contribution in [3.05, 3.63) is 77.1 Å². The Hall–Kier alpha value is -3.48. The van der Waals surface area contributed by atoms with Crippen molar-refractivity contribution in [1.82, 2.24) is 10.2 Å². The van der Waals surface area contributed by atoms with Crippen molar-refractivity contribution < 1.29 is 23.9 Å². The van der Waals surface area contributed by atoms with Crippen LogP contribution in [0.2, 0.25) is 0 Å². The van der Waals surface area contributed by atoms with E-state index in [1.807, 2.05) is 0 Å². The summed E-state index contributed by atoms with van der Waals surface area (Å²) < 4.78 is 13.4. The van der Waals surface area contributed by atoms with Crippen LogP contribution in [0.25, 0.3) is 5.76 Å². The molecule has 0 aromatic heterocycles. The molecule has 1 aliphatic heterocycles. The fourth-order valence-corrected chi connectivity index (χ4v) is 3.21. The van der Waals surface area contributed by atoms with E-state index in [1.54, 1.807) is 30.3 Å². The number of Topliss-reactive ketones (excluding diaryl/α,β-unsaturated/α-hetero) is 1. The Morgan fingerprint density at radius 2 is 1.75 bits per heavy atom. The van der Waals surface area contributed by atoms with Crippen LogP contribution in [0.5, 0.6) is 0 Å². The topological polar surface area (TPSA) is 86.7 Å². The predicted octanol–water partition coefficient (Wildman–Crippen LogP) is 2.38. The minimum absolute atomic E-state index is 0.0642. The molecule has 0 aliphatic carbocycles. The molecule has 7 heteroatoms. The minimum Gasteiger partial charge on any atom is -0.507 e. The lowest BCUT2D eigenvalue weighted by molar-refractivity contribution is -0.139. The third-order valence-electron chi connectivity index (χ3n) is 4.50. The van der Waals surface area contributed by atoms with E-state index >= 15 is 0 Å². The third-order valence-corrected chi connectivity index (χ3v) is 4.50. The van der Waals surface area contributed by atoms with Crippen LogP contribution in [0.3, 0.4) is 0 Å². The minimum atomic E-state index is -0.880. The van der Waals surface area contributed by atoms with E-state index in [0.717, 1.165) is 0 Å². The zero-order valence-electron chi connectivity index (χ0n) is 15.2. The van der Waals surface area contributed by atoms with Crippen LogP contribution in [0.15, 0.2) is 60.2 Å². The van der Waals surface area contributed by atoms with E-state index < -0.39 is 23.5 Å². The number of carbonyl (C=O) groups is 3. The van der Waals surface area contributed by atoms with E-state index in [-0.39, 0.29) is 30.3 Å². The normalized spacial score (nSPS) is 18.4. The largest absolute Gasteiger partial charge is 0.507 e. The van der Waals surface area contributed by atoms with Gasteiger partial charge in [-0.15, -0.1) is 0 Å². The highest BCUT2D eigenvalue weighted by Crippen LogP contribution is 2.39. The molecule has 0 saturated carbocycles. The quantitative estimate of drug-likeness (QED) is 0.472. The summed E-state index contributed by atoms with van der Waals surface area (Å²) >= 11 is 0. The molecule has 2 amide bonds. The molecule has 3 rings (SSSR count). The Balaban J connectivity index is 2.08. The van der Waals surface area contributed by atoms with E-state index in [2.05, 4.69) is 5.32 Å². The summed E-state index contributed by atoms with van der Waals surface area (Å²) in [5.41, 5.74) is 0.820. The van der Waals surface area contributed by atoms with E-state index in [4.69, 9.17) is 0 Å². The molecule has 144 valence electrons. The number of nitrogens with one attached hydrogen (secondary N) is 1. The van der Waals surface area contributed by atoms with Gasteiger partial charge in [-0.2, -0.15) is 0 Å². The molecule has 1 aliphatic rings. The summed E-state index contributed by atoms with van der Waals surface area (Å²) in [6, 6.07) is 12.9. The molecule has 0 spiro atoms. The molecule has 0 unspecified atom stereocenters. The molecule has 2 aromatic rings. The molecule has 1 fully saturated rings. The van der Waals surface area contributed by atoms with Crippen LogP contribution in [-0.2, 0) is 14.4 Å². The molecule has 1 atom stereocenters. The van der Waals surface area contributed by atoms with E-state index in [0.29, 0.717) is 11.1 Å². The first kappa shape index (κ1) is 19.3. The van der Waals surface area contributed by atoms with Crippen LogP contribution in [0, 0.1) is 5.82 Å². The maximum absolute atomic E-state index is 13.4. The first-order chi connectivity index (χ1) is 13.4. The van der Waals surface area contributed by atoms with Gasteiger partial charge in [0.1, 0.15) is 11.6 Å². The molecule has 6 nitrogen and oxygen atoms in total. The van der Waals surface area contributed by atoms with Crippen molar-refractivity contribution in [2.45, 2.75) is 13.0 Å². The van der Waals surface area contributed by atoms with Gasteiger partial charge >= 0.3 is 0 Å². The predicted molar refractivity (Wildman–Crippen MR) is 101 cm³/mol. The Morgan fingerprint density at radius 1 is 1.11 bits per heavy atom. The van der Waals surface area contributed by atoms with Gasteiger partial charge < -0.3 is 15.3 Å². The monoisotopic (exact) mass is 382 g/mol. The van der Waals surface area contributed by atoms with Crippen LogP contribution >= 0.6 is 0 Å². The van der Waals surface area contributed by atoms with E-state index in [1.165, 1.54) is 36.1 Å². The molecule has 1 heterocycles. The smallest absolute Gasteiger partial charge is 0.295 e. The number of likely N-dealkylation sites (tertiary alicyclic amines) is 1. The first-order valence-electron chi connectivity index (χ1n) is 8.74. The summed E-state index contributed by atoms with van der Waals surface area (Å²) in [7, 11) is 0. The molecule has 2 N–H and O–H groups in total. The summed E-state index contributed by atoms with van der Waals surface area (Å²) in [6.45, 7) is 1.56. The highest BCUT2D eigenvalue weighted by molar-refractivity contribution is 6.46. The lowest BCUT2D eigenvalue weighted by atomic mass is 9.95. The highest BCUT2D eigenvalue weighted by Gasteiger charge is 2.45. The van der Waals surface area contributed by atoms with Crippen molar-refractivity contribution >= 4 is 23.4 Å². The summed E-state index contributed by atoms with van der Waals surface area (Å²) in [4.78, 5) is 37.7. The number of rotatable bonds is 5. The number of carbonyl (C=O) groups excluding carboxylic acids is 3. The summed E-state index contributed by atoms with van der Waals surface area (Å²) in [5.74, 6) is -2.62. The van der Waals surface area contributed by atoms with Gasteiger partial charge in [-0.1, -0.05) is 42.5 Å². The molecule has 0 bridgehead atoms. The summed E-state index contributed by atoms with van der Waals surface area (Å²) in [6.07, 6.45) is 0. The third kappa shape index (κ3) is 3.78. The fraction of sp³-hybridized carbons (Fsp3) is 0.190. The Bertz CT molecular complexity index is 939. The number of aliphatic hydroxyl groups excluding tert-OH is 1. The van der Waals surface area contributed by atoms with Gasteiger partial charge in [0, 0.05) is 25.6 Å². The second kappa shape index (κ2) is 8.04.